The fourth-order valence-corrected chi connectivity index (χ4v) is 1.94. The molecule has 1 aliphatic rings. The van der Waals surface area contributed by atoms with Crippen LogP contribution in [0.25, 0.3) is 10.4 Å². The van der Waals surface area contributed by atoms with Gasteiger partial charge in [-0.05, 0) is 5.53 Å². The second-order valence-electron chi connectivity index (χ2n) is 4.26. The summed E-state index contributed by atoms with van der Waals surface area (Å²) in [5.41, 5.74) is 3.68. The summed E-state index contributed by atoms with van der Waals surface area (Å²) >= 11 is 0. The van der Waals surface area contributed by atoms with Crippen LogP contribution in [0.3, 0.4) is 0 Å². The highest BCUT2D eigenvalue weighted by molar-refractivity contribution is 5.05. The number of aromatic nitrogens is 2. The molecule has 1 aliphatic heterocycles. The molecule has 12 heteroatoms. The smallest absolute Gasteiger partial charge is 0.330 e. The number of aliphatic hydroxyl groups excluding tert-OH is 2. The van der Waals surface area contributed by atoms with Crippen molar-refractivity contribution in [2.24, 2.45) is 5.11 Å². The van der Waals surface area contributed by atoms with E-state index in [-0.39, 0.29) is 0 Å². The molecule has 1 aromatic rings. The number of rotatable bonds is 3. The molecule has 3 N–H and O–H groups in total. The lowest BCUT2D eigenvalue weighted by molar-refractivity contribution is -0.144. The SMILES string of the molecule is [N-]=[N+]=N[C@]1(CO)OC(n2ccc(=O)[nH]c2=O)C(F)(F)C1O. The number of aromatic amines is 1. The molecule has 0 aromatic carbocycles. The predicted octanol–water partition coefficient (Wildman–Crippen LogP) is -0.939. The van der Waals surface area contributed by atoms with Crippen molar-refractivity contribution in [1.29, 1.82) is 0 Å². The predicted molar refractivity (Wildman–Crippen MR) is 61.4 cm³/mol. The van der Waals surface area contributed by atoms with Crippen molar-refractivity contribution in [3.05, 3.63) is 43.5 Å². The minimum atomic E-state index is -4.06. The first-order valence-electron chi connectivity index (χ1n) is 5.51. The molecule has 3 atom stereocenters. The summed E-state index contributed by atoms with van der Waals surface area (Å²) in [6, 6.07) is 0.791. The molecule has 0 bridgehead atoms. The molecule has 1 saturated heterocycles. The summed E-state index contributed by atoms with van der Waals surface area (Å²) in [4.78, 5) is 26.4. The van der Waals surface area contributed by atoms with Crippen LogP contribution in [-0.4, -0.2) is 44.1 Å². The lowest BCUT2D eigenvalue weighted by atomic mass is 10.1. The lowest BCUT2D eigenvalue weighted by Gasteiger charge is -2.23. The quantitative estimate of drug-likeness (QED) is 0.373. The van der Waals surface area contributed by atoms with Gasteiger partial charge in [0, 0.05) is 17.2 Å². The maximum Gasteiger partial charge on any atom is 0.330 e. The maximum atomic E-state index is 14.1. The number of aliphatic hydroxyl groups is 2. The second-order valence-corrected chi connectivity index (χ2v) is 4.26. The molecule has 2 heterocycles. The molecule has 0 radical (unpaired) electrons. The van der Waals surface area contributed by atoms with Crippen LogP contribution in [0, 0.1) is 0 Å². The van der Waals surface area contributed by atoms with Gasteiger partial charge < -0.3 is 14.9 Å². The summed E-state index contributed by atoms with van der Waals surface area (Å²) < 4.78 is 33.2. The number of nitrogens with zero attached hydrogens (tertiary/aromatic N) is 4. The first-order valence-corrected chi connectivity index (χ1v) is 5.51. The Bertz CT molecular complexity index is 711. The molecular formula is C9H9F2N5O5. The fraction of sp³-hybridized carbons (Fsp3) is 0.556. The van der Waals surface area contributed by atoms with Crippen molar-refractivity contribution in [2.45, 2.75) is 24.0 Å². The molecular weight excluding hydrogens is 296 g/mol. The van der Waals surface area contributed by atoms with Crippen molar-refractivity contribution in [3.8, 4) is 0 Å². The molecule has 0 saturated carbocycles. The van der Waals surface area contributed by atoms with E-state index in [0.717, 1.165) is 12.3 Å². The Morgan fingerprint density at radius 3 is 2.76 bits per heavy atom. The van der Waals surface area contributed by atoms with Crippen LogP contribution in [0.1, 0.15) is 6.23 Å². The Labute approximate surface area is 113 Å². The summed E-state index contributed by atoms with van der Waals surface area (Å²) in [6.45, 7) is -1.23. The number of H-pyrrole nitrogens is 1. The van der Waals surface area contributed by atoms with Crippen LogP contribution in [0.15, 0.2) is 27.0 Å². The number of ether oxygens (including phenoxy) is 1. The third kappa shape index (κ3) is 2.19. The number of hydrogen-bond donors (Lipinski definition) is 3. The van der Waals surface area contributed by atoms with E-state index in [2.05, 4.69) is 10.0 Å². The molecule has 2 unspecified atom stereocenters. The van der Waals surface area contributed by atoms with Gasteiger partial charge in [-0.3, -0.25) is 14.3 Å². The molecule has 1 aromatic heterocycles. The van der Waals surface area contributed by atoms with Crippen molar-refractivity contribution in [2.75, 3.05) is 6.61 Å². The van der Waals surface area contributed by atoms with Gasteiger partial charge in [0.25, 0.3) is 5.56 Å². The van der Waals surface area contributed by atoms with Gasteiger partial charge in [-0.25, -0.2) is 4.79 Å². The topological polar surface area (TPSA) is 153 Å². The zero-order chi connectivity index (χ0) is 15.8. The number of nitrogens with one attached hydrogen (secondary N) is 1. The fourth-order valence-electron chi connectivity index (χ4n) is 1.94. The first-order chi connectivity index (χ1) is 9.78. The minimum Gasteiger partial charge on any atom is -0.393 e. The van der Waals surface area contributed by atoms with Crippen molar-refractivity contribution in [3.63, 3.8) is 0 Å². The van der Waals surface area contributed by atoms with E-state index in [1.807, 2.05) is 0 Å². The molecule has 2 rings (SSSR count). The van der Waals surface area contributed by atoms with Crippen LogP contribution < -0.4 is 11.2 Å². The van der Waals surface area contributed by atoms with Gasteiger partial charge in [0.05, 0.1) is 6.61 Å². The van der Waals surface area contributed by atoms with E-state index < -0.39 is 41.8 Å². The van der Waals surface area contributed by atoms with Gasteiger partial charge in [0.15, 0.2) is 6.10 Å². The van der Waals surface area contributed by atoms with Crippen LogP contribution in [0.4, 0.5) is 8.78 Å². The van der Waals surface area contributed by atoms with Gasteiger partial charge in [0.2, 0.25) is 12.0 Å². The van der Waals surface area contributed by atoms with Crippen LogP contribution in [0.5, 0.6) is 0 Å². The summed E-state index contributed by atoms with van der Waals surface area (Å²) in [5, 5.41) is 21.6. The molecule has 0 amide bonds. The summed E-state index contributed by atoms with van der Waals surface area (Å²) in [7, 11) is 0. The summed E-state index contributed by atoms with van der Waals surface area (Å²) in [6.07, 6.45) is -4.32. The van der Waals surface area contributed by atoms with Gasteiger partial charge in [-0.2, -0.15) is 8.78 Å². The van der Waals surface area contributed by atoms with E-state index in [4.69, 9.17) is 15.4 Å². The van der Waals surface area contributed by atoms with Crippen LogP contribution in [-0.2, 0) is 4.74 Å². The standard InChI is InChI=1S/C9H9F2N5O5/c10-9(11)5(19)8(3-17,14-15-12)21-6(9)16-2-1-4(18)13-7(16)20/h1-2,5-6,17,19H,3H2,(H,13,18,20)/t5?,6?,8-/m1/s1. The number of halogens is 2. The zero-order valence-electron chi connectivity index (χ0n) is 10.2. The molecule has 21 heavy (non-hydrogen) atoms. The highest BCUT2D eigenvalue weighted by atomic mass is 19.3. The second kappa shape index (κ2) is 4.93. The van der Waals surface area contributed by atoms with Crippen molar-refractivity contribution in [1.82, 2.24) is 9.55 Å². The average Bonchev–Trinajstić information content (AvgIpc) is 2.61. The normalized spacial score (nSPS) is 30.9. The Morgan fingerprint density at radius 1 is 1.57 bits per heavy atom. The average molecular weight is 305 g/mol. The number of hydrogen-bond acceptors (Lipinski definition) is 6. The Balaban J connectivity index is 2.58. The number of alkyl halides is 2. The summed E-state index contributed by atoms with van der Waals surface area (Å²) in [5.74, 6) is -4.06. The molecule has 0 spiro atoms. The van der Waals surface area contributed by atoms with Gasteiger partial charge in [-0.1, -0.05) is 5.11 Å². The van der Waals surface area contributed by atoms with E-state index in [1.54, 1.807) is 4.98 Å². The van der Waals surface area contributed by atoms with Gasteiger partial charge >= 0.3 is 11.6 Å². The highest BCUT2D eigenvalue weighted by Gasteiger charge is 2.67. The third-order valence-electron chi connectivity index (χ3n) is 2.98. The Morgan fingerprint density at radius 2 is 2.24 bits per heavy atom. The van der Waals surface area contributed by atoms with Crippen molar-refractivity contribution >= 4 is 0 Å². The first kappa shape index (κ1) is 15.1. The Kier molecular flexibility index (Phi) is 3.55. The maximum absolute atomic E-state index is 14.1. The van der Waals surface area contributed by atoms with E-state index in [0.29, 0.717) is 4.57 Å². The Hall–Kier alpha value is -2.27. The molecule has 1 fully saturated rings. The highest BCUT2D eigenvalue weighted by Crippen LogP contribution is 2.48. The minimum absolute atomic E-state index is 0.314. The third-order valence-corrected chi connectivity index (χ3v) is 2.98. The van der Waals surface area contributed by atoms with E-state index in [1.165, 1.54) is 0 Å². The van der Waals surface area contributed by atoms with Gasteiger partial charge in [-0.15, -0.1) is 0 Å². The van der Waals surface area contributed by atoms with Gasteiger partial charge in [0.1, 0.15) is 0 Å². The lowest BCUT2D eigenvalue weighted by Crippen LogP contribution is -2.47. The molecule has 10 nitrogen and oxygen atoms in total. The zero-order valence-corrected chi connectivity index (χ0v) is 10.2. The van der Waals surface area contributed by atoms with Crippen molar-refractivity contribution < 1.29 is 23.7 Å². The van der Waals surface area contributed by atoms with E-state index in [9.17, 15) is 23.5 Å². The molecule has 114 valence electrons. The monoisotopic (exact) mass is 305 g/mol. The largest absolute Gasteiger partial charge is 0.393 e. The van der Waals surface area contributed by atoms with Crippen LogP contribution in [0.2, 0.25) is 0 Å². The number of azide groups is 1. The molecule has 0 aliphatic carbocycles. The van der Waals surface area contributed by atoms with E-state index >= 15 is 0 Å². The van der Waals surface area contributed by atoms with Crippen LogP contribution >= 0.6 is 0 Å².